The maximum Gasteiger partial charge on any atom is 0.259 e. The molecule has 49 heavy (non-hydrogen) atoms. The number of anilines is 4. The molecule has 8 nitrogen and oxygen atoms in total. The first-order valence-electron chi connectivity index (χ1n) is 17.0. The second-order valence-electron chi connectivity index (χ2n) is 12.6. The number of fused-ring (bicyclic) bond motifs is 2. The highest BCUT2D eigenvalue weighted by atomic mass is 31.2. The zero-order valence-corrected chi connectivity index (χ0v) is 29.8. The quantitative estimate of drug-likeness (QED) is 0.0787. The van der Waals surface area contributed by atoms with Gasteiger partial charge in [0.15, 0.2) is 11.6 Å². The summed E-state index contributed by atoms with van der Waals surface area (Å²) in [5, 5.41) is 15.8. The molecule has 2 N–H and O–H groups in total. The first kappa shape index (κ1) is 35.9. The molecule has 0 bridgehead atoms. The maximum atomic E-state index is 14.0. The van der Waals surface area contributed by atoms with Gasteiger partial charge in [0, 0.05) is 34.6 Å². The van der Waals surface area contributed by atoms with Gasteiger partial charge in [-0.1, -0.05) is 61.9 Å². The van der Waals surface area contributed by atoms with Gasteiger partial charge in [0.05, 0.1) is 48.2 Å². The average molecular weight is 677 g/mol. The Morgan fingerprint density at radius 3 is 1.61 bits per heavy atom. The third-order valence-electron chi connectivity index (χ3n) is 8.34. The number of hydrogen-bond donors (Lipinski definition) is 2. The van der Waals surface area contributed by atoms with Gasteiger partial charge in [-0.25, -0.2) is 4.67 Å². The third-order valence-corrected chi connectivity index (χ3v) is 10.4. The molecule has 254 valence electrons. The monoisotopic (exact) mass is 676 g/mol. The van der Waals surface area contributed by atoms with Crippen molar-refractivity contribution in [1.29, 1.82) is 5.26 Å². The first-order valence-corrected chi connectivity index (χ1v) is 18.1. The first-order chi connectivity index (χ1) is 23.7. The van der Waals surface area contributed by atoms with E-state index in [9.17, 15) is 9.59 Å². The van der Waals surface area contributed by atoms with E-state index in [4.69, 9.17) is 14.3 Å². The van der Waals surface area contributed by atoms with E-state index in [1.165, 1.54) is 5.56 Å². The fraction of sp³-hybridized carbons (Fsp3) is 0.325. The molecule has 0 aliphatic heterocycles. The number of carbonyl (C=O) groups excluding carboxylic acids is 2. The van der Waals surface area contributed by atoms with Gasteiger partial charge in [-0.05, 0) is 88.1 Å². The van der Waals surface area contributed by atoms with Crippen LogP contribution in [0.25, 0.3) is 0 Å². The Morgan fingerprint density at radius 2 is 1.16 bits per heavy atom. The van der Waals surface area contributed by atoms with Crippen molar-refractivity contribution in [3.63, 3.8) is 0 Å². The van der Waals surface area contributed by atoms with Crippen LogP contribution in [0.15, 0.2) is 84.9 Å². The van der Waals surface area contributed by atoms with E-state index in [1.54, 1.807) is 24.3 Å². The molecule has 1 atom stereocenters. The second kappa shape index (κ2) is 16.8. The molecule has 0 heterocycles. The summed E-state index contributed by atoms with van der Waals surface area (Å²) in [4.78, 5) is 27.9. The lowest BCUT2D eigenvalue weighted by Crippen LogP contribution is -2.33. The molecule has 4 aromatic carbocycles. The van der Waals surface area contributed by atoms with Crippen LogP contribution >= 0.6 is 8.53 Å². The van der Waals surface area contributed by atoms with Crippen LogP contribution in [-0.2, 0) is 21.9 Å². The van der Waals surface area contributed by atoms with Crippen LogP contribution in [0.5, 0.6) is 0 Å². The SMILES string of the molecule is CCCc1ccc(Nc2ccc(Nc3ccc(CCOP(OCCC#N)N(C(C)C)C(C)C)cc3)c3c2C(=O)c2ccccc2C3=O)cc1. The van der Waals surface area contributed by atoms with E-state index in [-0.39, 0.29) is 23.7 Å². The summed E-state index contributed by atoms with van der Waals surface area (Å²) in [5.74, 6) is -0.367. The van der Waals surface area contributed by atoms with Gasteiger partial charge in [0.2, 0.25) is 0 Å². The molecule has 1 unspecified atom stereocenters. The Hall–Kier alpha value is -4.38. The largest absolute Gasteiger partial charge is 0.355 e. The highest BCUT2D eigenvalue weighted by Gasteiger charge is 2.34. The molecule has 1 aliphatic carbocycles. The van der Waals surface area contributed by atoms with E-state index in [0.717, 1.165) is 29.8 Å². The summed E-state index contributed by atoms with van der Waals surface area (Å²) in [6.07, 6.45) is 3.08. The number of hydrogen-bond acceptors (Lipinski definition) is 8. The molecular weight excluding hydrogens is 631 g/mol. The van der Waals surface area contributed by atoms with Crippen LogP contribution in [0.3, 0.4) is 0 Å². The van der Waals surface area contributed by atoms with Crippen molar-refractivity contribution in [2.45, 2.75) is 72.4 Å². The highest BCUT2D eigenvalue weighted by molar-refractivity contribution is 7.44. The van der Waals surface area contributed by atoms with Crippen LogP contribution < -0.4 is 10.6 Å². The number of aryl methyl sites for hydroxylation is 1. The Balaban J connectivity index is 1.34. The summed E-state index contributed by atoms with van der Waals surface area (Å²) in [6, 6.07) is 29.5. The van der Waals surface area contributed by atoms with E-state index in [1.807, 2.05) is 48.5 Å². The molecule has 0 amide bonds. The van der Waals surface area contributed by atoms with Crippen molar-refractivity contribution < 1.29 is 18.6 Å². The Labute approximate surface area is 291 Å². The lowest BCUT2D eigenvalue weighted by Gasteiger charge is -2.35. The van der Waals surface area contributed by atoms with Crippen LogP contribution in [0.2, 0.25) is 0 Å². The molecule has 0 saturated carbocycles. The minimum Gasteiger partial charge on any atom is -0.355 e. The fourth-order valence-corrected chi connectivity index (χ4v) is 7.69. The minimum atomic E-state index is -1.30. The summed E-state index contributed by atoms with van der Waals surface area (Å²) < 4.78 is 14.5. The zero-order valence-electron chi connectivity index (χ0n) is 29.0. The number of nitrogens with one attached hydrogen (secondary N) is 2. The Morgan fingerprint density at radius 1 is 0.694 bits per heavy atom. The lowest BCUT2D eigenvalue weighted by atomic mass is 9.82. The number of carbonyl (C=O) groups is 2. The van der Waals surface area contributed by atoms with Crippen molar-refractivity contribution in [2.75, 3.05) is 23.8 Å². The van der Waals surface area contributed by atoms with Crippen LogP contribution in [0.4, 0.5) is 22.7 Å². The molecule has 5 rings (SSSR count). The van der Waals surface area contributed by atoms with Crippen LogP contribution in [0, 0.1) is 11.3 Å². The van der Waals surface area contributed by atoms with Gasteiger partial charge in [0.1, 0.15) is 0 Å². The lowest BCUT2D eigenvalue weighted by molar-refractivity contribution is 0.0980. The van der Waals surface area contributed by atoms with Crippen molar-refractivity contribution in [3.8, 4) is 6.07 Å². The normalized spacial score (nSPS) is 13.0. The molecule has 0 aromatic heterocycles. The second-order valence-corrected chi connectivity index (χ2v) is 14.1. The standard InChI is InChI=1S/C40H45N4O4P/c1-6-10-29-13-17-31(18-14-29)42-35-21-22-36(38-37(35)39(45)33-11-7-8-12-34(33)40(38)46)43-32-19-15-30(16-20-32)23-26-48-49(47-25-9-24-41)44(27(2)3)28(4)5/h7-8,11-22,27-28,42-43H,6,9-10,23,25-26H2,1-5H3. The molecule has 0 fully saturated rings. The zero-order chi connectivity index (χ0) is 34.9. The molecular formula is C40H45N4O4P. The van der Waals surface area contributed by atoms with Gasteiger partial charge in [-0.15, -0.1) is 0 Å². The van der Waals surface area contributed by atoms with Crippen molar-refractivity contribution >= 4 is 42.8 Å². The van der Waals surface area contributed by atoms with Crippen LogP contribution in [0.1, 0.15) is 90.4 Å². The average Bonchev–Trinajstić information content (AvgIpc) is 3.09. The smallest absolute Gasteiger partial charge is 0.259 e. The van der Waals surface area contributed by atoms with Gasteiger partial charge in [0.25, 0.3) is 8.53 Å². The maximum absolute atomic E-state index is 14.0. The molecule has 0 spiro atoms. The number of rotatable bonds is 16. The van der Waals surface area contributed by atoms with Gasteiger partial charge in [-0.3, -0.25) is 9.59 Å². The van der Waals surface area contributed by atoms with E-state index >= 15 is 0 Å². The predicted octanol–water partition coefficient (Wildman–Crippen LogP) is 9.74. The third kappa shape index (κ3) is 8.62. The summed E-state index contributed by atoms with van der Waals surface area (Å²) in [7, 11) is -1.30. The van der Waals surface area contributed by atoms with Crippen LogP contribution in [-0.4, -0.2) is 41.5 Å². The number of nitriles is 1. The molecule has 0 saturated heterocycles. The Bertz CT molecular complexity index is 1790. The van der Waals surface area contributed by atoms with E-state index in [0.29, 0.717) is 59.7 Å². The Kier molecular flexibility index (Phi) is 12.3. The molecule has 9 heteroatoms. The van der Waals surface area contributed by atoms with Crippen molar-refractivity contribution in [1.82, 2.24) is 4.67 Å². The summed E-state index contributed by atoms with van der Waals surface area (Å²) >= 11 is 0. The van der Waals surface area contributed by atoms with E-state index < -0.39 is 8.53 Å². The van der Waals surface area contributed by atoms with Gasteiger partial charge in [-0.2, -0.15) is 5.26 Å². The minimum absolute atomic E-state index is 0.181. The highest BCUT2D eigenvalue weighted by Crippen LogP contribution is 2.46. The molecule has 0 radical (unpaired) electrons. The molecule has 1 aliphatic rings. The van der Waals surface area contributed by atoms with Crippen molar-refractivity contribution in [3.05, 3.63) is 118 Å². The molecule has 4 aromatic rings. The topological polar surface area (TPSA) is 104 Å². The predicted molar refractivity (Wildman–Crippen MR) is 198 cm³/mol. The van der Waals surface area contributed by atoms with Crippen molar-refractivity contribution in [2.24, 2.45) is 0 Å². The number of ketones is 2. The van der Waals surface area contributed by atoms with Gasteiger partial charge >= 0.3 is 0 Å². The van der Waals surface area contributed by atoms with E-state index in [2.05, 4.69) is 68.1 Å². The fourth-order valence-electron chi connectivity index (χ4n) is 6.10. The summed E-state index contributed by atoms with van der Waals surface area (Å²) in [5.41, 5.74) is 6.70. The number of benzene rings is 4. The van der Waals surface area contributed by atoms with Gasteiger partial charge < -0.3 is 19.7 Å². The number of nitrogens with zero attached hydrogens (tertiary/aromatic N) is 2. The summed E-state index contributed by atoms with van der Waals surface area (Å²) in [6.45, 7) is 11.4.